The number of aromatic hydroxyl groups is 1. The zero-order valence-corrected chi connectivity index (χ0v) is 9.75. The van der Waals surface area contributed by atoms with Gasteiger partial charge in [-0.3, -0.25) is 0 Å². The van der Waals surface area contributed by atoms with Crippen LogP contribution < -0.4 is 0 Å². The Morgan fingerprint density at radius 2 is 2.06 bits per heavy atom. The van der Waals surface area contributed by atoms with Gasteiger partial charge in [0.15, 0.2) is 6.10 Å². The third-order valence-corrected chi connectivity index (χ3v) is 2.41. The fraction of sp³-hybridized carbons (Fsp3) is 0.417. The number of carbonyl (C=O) groups excluding carboxylic acids is 1. The van der Waals surface area contributed by atoms with E-state index in [0.717, 1.165) is 0 Å². The average Bonchev–Trinajstić information content (AvgIpc) is 2.30. The number of aliphatic hydroxyl groups excluding tert-OH is 2. The highest BCUT2D eigenvalue weighted by Crippen LogP contribution is 2.25. The molecule has 0 radical (unpaired) electrons. The number of aryl methyl sites for hydroxylation is 1. The highest BCUT2D eigenvalue weighted by molar-refractivity contribution is 5.75. The van der Waals surface area contributed by atoms with E-state index in [4.69, 9.17) is 0 Å². The lowest BCUT2D eigenvalue weighted by molar-refractivity contribution is -0.159. The highest BCUT2D eigenvalue weighted by Gasteiger charge is 2.28. The van der Waals surface area contributed by atoms with Crippen LogP contribution in [0.5, 0.6) is 5.75 Å². The van der Waals surface area contributed by atoms with Gasteiger partial charge in [0, 0.05) is 0 Å². The van der Waals surface area contributed by atoms with Crippen LogP contribution in [0.15, 0.2) is 18.2 Å². The summed E-state index contributed by atoms with van der Waals surface area (Å²) in [5, 5.41) is 28.7. The van der Waals surface area contributed by atoms with Crippen molar-refractivity contribution >= 4 is 5.97 Å². The first kappa shape index (κ1) is 13.5. The zero-order chi connectivity index (χ0) is 13.0. The molecule has 0 aliphatic rings. The summed E-state index contributed by atoms with van der Waals surface area (Å²) in [6.07, 6.45) is -3.07. The smallest absolute Gasteiger partial charge is 0.338 e. The van der Waals surface area contributed by atoms with Gasteiger partial charge in [0.2, 0.25) is 0 Å². The van der Waals surface area contributed by atoms with E-state index in [1.54, 1.807) is 19.9 Å². The summed E-state index contributed by atoms with van der Waals surface area (Å²) in [5.41, 5.74) is 0.962. The van der Waals surface area contributed by atoms with Crippen molar-refractivity contribution in [2.75, 3.05) is 6.61 Å². The van der Waals surface area contributed by atoms with Crippen molar-refractivity contribution in [3.8, 4) is 5.75 Å². The Labute approximate surface area is 99.3 Å². The molecule has 0 heterocycles. The van der Waals surface area contributed by atoms with Gasteiger partial charge in [-0.2, -0.15) is 0 Å². The number of carbonyl (C=O) groups is 1. The number of rotatable bonds is 4. The maximum Gasteiger partial charge on any atom is 0.338 e. The Bertz CT molecular complexity index is 402. The number of aliphatic hydroxyl groups is 2. The Hall–Kier alpha value is -1.59. The molecule has 0 saturated carbocycles. The minimum Gasteiger partial charge on any atom is -0.508 e. The number of esters is 1. The second kappa shape index (κ2) is 5.65. The quantitative estimate of drug-likeness (QED) is 0.673. The van der Waals surface area contributed by atoms with E-state index in [9.17, 15) is 20.1 Å². The maximum absolute atomic E-state index is 11.3. The molecule has 1 rings (SSSR count). The minimum absolute atomic E-state index is 0.0410. The number of hydrogen-bond donors (Lipinski definition) is 3. The zero-order valence-electron chi connectivity index (χ0n) is 9.75. The third-order valence-electron chi connectivity index (χ3n) is 2.41. The number of ether oxygens (including phenoxy) is 1. The van der Waals surface area contributed by atoms with Crippen molar-refractivity contribution in [1.82, 2.24) is 0 Å². The van der Waals surface area contributed by atoms with Crippen molar-refractivity contribution in [2.24, 2.45) is 0 Å². The molecule has 0 aliphatic carbocycles. The van der Waals surface area contributed by atoms with Gasteiger partial charge < -0.3 is 20.1 Å². The first-order valence-electron chi connectivity index (χ1n) is 5.29. The standard InChI is InChI=1S/C12H16O5/c1-3-17-12(16)11(15)10(14)9-6-8(13)5-4-7(9)2/h4-6,10-11,13-15H,3H2,1-2H3. The number of phenols is 1. The summed E-state index contributed by atoms with van der Waals surface area (Å²) in [6, 6.07) is 4.36. The second-order valence-corrected chi connectivity index (χ2v) is 3.68. The highest BCUT2D eigenvalue weighted by atomic mass is 16.5. The van der Waals surface area contributed by atoms with E-state index in [0.29, 0.717) is 11.1 Å². The number of phenolic OH excluding ortho intramolecular Hbond substituents is 1. The monoisotopic (exact) mass is 240 g/mol. The van der Waals surface area contributed by atoms with Gasteiger partial charge in [-0.05, 0) is 37.1 Å². The van der Waals surface area contributed by atoms with Crippen LogP contribution >= 0.6 is 0 Å². The van der Waals surface area contributed by atoms with Crippen LogP contribution in [0.3, 0.4) is 0 Å². The van der Waals surface area contributed by atoms with Gasteiger partial charge in [-0.15, -0.1) is 0 Å². The molecule has 17 heavy (non-hydrogen) atoms. The molecule has 0 fully saturated rings. The molecule has 2 unspecified atom stereocenters. The Kier molecular flexibility index (Phi) is 4.48. The number of benzene rings is 1. The Morgan fingerprint density at radius 3 is 2.65 bits per heavy atom. The first-order valence-corrected chi connectivity index (χ1v) is 5.29. The lowest BCUT2D eigenvalue weighted by atomic mass is 9.99. The molecule has 1 aromatic carbocycles. The molecule has 5 nitrogen and oxygen atoms in total. The van der Waals surface area contributed by atoms with Crippen LogP contribution in [0.25, 0.3) is 0 Å². The van der Waals surface area contributed by atoms with Crippen molar-refractivity contribution < 1.29 is 24.9 Å². The average molecular weight is 240 g/mol. The fourth-order valence-corrected chi connectivity index (χ4v) is 1.47. The third kappa shape index (κ3) is 3.18. The minimum atomic E-state index is -1.66. The summed E-state index contributed by atoms with van der Waals surface area (Å²) < 4.78 is 4.60. The van der Waals surface area contributed by atoms with Gasteiger partial charge in [0.05, 0.1) is 6.61 Å². The second-order valence-electron chi connectivity index (χ2n) is 3.68. The Balaban J connectivity index is 2.91. The molecular formula is C12H16O5. The van der Waals surface area contributed by atoms with Gasteiger partial charge in [-0.25, -0.2) is 4.79 Å². The molecule has 0 spiro atoms. The van der Waals surface area contributed by atoms with E-state index in [1.807, 2.05) is 0 Å². The van der Waals surface area contributed by atoms with E-state index in [-0.39, 0.29) is 12.4 Å². The molecule has 94 valence electrons. The number of hydrogen-bond acceptors (Lipinski definition) is 5. The molecule has 0 amide bonds. The van der Waals surface area contributed by atoms with E-state index in [1.165, 1.54) is 12.1 Å². The van der Waals surface area contributed by atoms with Crippen molar-refractivity contribution in [3.05, 3.63) is 29.3 Å². The SMILES string of the molecule is CCOC(=O)C(O)C(O)c1cc(O)ccc1C. The molecule has 1 aromatic rings. The molecule has 0 saturated heterocycles. The van der Waals surface area contributed by atoms with Gasteiger partial charge in [0.25, 0.3) is 0 Å². The molecule has 2 atom stereocenters. The molecular weight excluding hydrogens is 224 g/mol. The normalized spacial score (nSPS) is 14.1. The molecule has 0 bridgehead atoms. The van der Waals surface area contributed by atoms with Gasteiger partial charge >= 0.3 is 5.97 Å². The van der Waals surface area contributed by atoms with Gasteiger partial charge in [-0.1, -0.05) is 6.07 Å². The van der Waals surface area contributed by atoms with Crippen molar-refractivity contribution in [3.63, 3.8) is 0 Å². The van der Waals surface area contributed by atoms with Gasteiger partial charge in [0.1, 0.15) is 11.9 Å². The first-order chi connectivity index (χ1) is 7.97. The van der Waals surface area contributed by atoms with Crippen molar-refractivity contribution in [1.29, 1.82) is 0 Å². The molecule has 3 N–H and O–H groups in total. The van der Waals surface area contributed by atoms with Crippen LogP contribution in [-0.2, 0) is 9.53 Å². The molecule has 0 aromatic heterocycles. The largest absolute Gasteiger partial charge is 0.508 e. The summed E-state index contributed by atoms with van der Waals surface area (Å²) in [5.74, 6) is -0.927. The predicted octanol–water partition coefficient (Wildman–Crippen LogP) is 0.658. The van der Waals surface area contributed by atoms with Crippen molar-refractivity contribution in [2.45, 2.75) is 26.1 Å². The fourth-order valence-electron chi connectivity index (χ4n) is 1.47. The summed E-state index contributed by atoms with van der Waals surface area (Å²) in [6.45, 7) is 3.44. The topological polar surface area (TPSA) is 87.0 Å². The lowest BCUT2D eigenvalue weighted by Crippen LogP contribution is -2.30. The van der Waals surface area contributed by atoms with Crippen LogP contribution in [0.4, 0.5) is 0 Å². The van der Waals surface area contributed by atoms with Crippen LogP contribution in [0, 0.1) is 6.92 Å². The summed E-state index contributed by atoms with van der Waals surface area (Å²) in [7, 11) is 0. The maximum atomic E-state index is 11.3. The van der Waals surface area contributed by atoms with Crippen LogP contribution in [0.2, 0.25) is 0 Å². The van der Waals surface area contributed by atoms with E-state index < -0.39 is 18.2 Å². The van der Waals surface area contributed by atoms with E-state index in [2.05, 4.69) is 4.74 Å². The van der Waals surface area contributed by atoms with E-state index >= 15 is 0 Å². The molecule has 5 heteroatoms. The lowest BCUT2D eigenvalue weighted by Gasteiger charge is -2.18. The van der Waals surface area contributed by atoms with Crippen LogP contribution in [0.1, 0.15) is 24.2 Å². The summed E-state index contributed by atoms with van der Waals surface area (Å²) >= 11 is 0. The summed E-state index contributed by atoms with van der Waals surface area (Å²) in [4.78, 5) is 11.3. The van der Waals surface area contributed by atoms with Crippen LogP contribution in [-0.4, -0.2) is 34.0 Å². The predicted molar refractivity (Wildman–Crippen MR) is 60.4 cm³/mol. The molecule has 0 aliphatic heterocycles. The Morgan fingerprint density at radius 1 is 1.41 bits per heavy atom.